The van der Waals surface area contributed by atoms with Crippen LogP contribution in [0, 0.1) is 0 Å². The Morgan fingerprint density at radius 2 is 1.74 bits per heavy atom. The number of aliphatic imine (C=N–C) groups is 2. The third kappa shape index (κ3) is 2.90. The summed E-state index contributed by atoms with van der Waals surface area (Å²) in [5.41, 5.74) is 11.9. The lowest BCUT2D eigenvalue weighted by Gasteiger charge is -2.38. The minimum absolute atomic E-state index is 0. The van der Waals surface area contributed by atoms with E-state index in [-0.39, 0.29) is 18.4 Å². The first-order valence-electron chi connectivity index (χ1n) is 5.58. The van der Waals surface area contributed by atoms with Crippen LogP contribution in [0.2, 0.25) is 0 Å². The molecule has 0 fully saturated rings. The Morgan fingerprint density at radius 1 is 1.16 bits per heavy atom. The number of benzene rings is 1. The average molecular weight is 284 g/mol. The summed E-state index contributed by atoms with van der Waals surface area (Å²) in [4.78, 5) is 10.1. The highest BCUT2D eigenvalue weighted by molar-refractivity contribution is 6.05. The molecular formula is C12H18ClN5O. The molecule has 1 aromatic rings. The van der Waals surface area contributed by atoms with Gasteiger partial charge in [0.05, 0.1) is 7.11 Å². The van der Waals surface area contributed by atoms with E-state index in [0.717, 1.165) is 11.4 Å². The lowest BCUT2D eigenvalue weighted by molar-refractivity contribution is 0.414. The number of rotatable bonds is 2. The summed E-state index contributed by atoms with van der Waals surface area (Å²) in [6, 6.07) is 7.53. The van der Waals surface area contributed by atoms with Crippen molar-refractivity contribution in [1.29, 1.82) is 0 Å². The highest BCUT2D eigenvalue weighted by Crippen LogP contribution is 2.28. The predicted octanol–water partition coefficient (Wildman–Crippen LogP) is 1.30. The molecule has 0 atom stereocenters. The molecule has 0 spiro atoms. The summed E-state index contributed by atoms with van der Waals surface area (Å²) in [5.74, 6) is 1.31. The van der Waals surface area contributed by atoms with Crippen LogP contribution < -0.4 is 21.1 Å². The van der Waals surface area contributed by atoms with E-state index in [0.29, 0.717) is 5.96 Å². The maximum Gasteiger partial charge on any atom is 0.220 e. The van der Waals surface area contributed by atoms with E-state index >= 15 is 0 Å². The first kappa shape index (κ1) is 15.1. The molecule has 6 nitrogen and oxygen atoms in total. The first-order valence-corrected chi connectivity index (χ1v) is 5.58. The molecule has 1 aliphatic heterocycles. The monoisotopic (exact) mass is 283 g/mol. The maximum atomic E-state index is 5.93. The van der Waals surface area contributed by atoms with Gasteiger partial charge in [0.2, 0.25) is 11.9 Å². The second-order valence-electron chi connectivity index (χ2n) is 4.47. The molecule has 0 bridgehead atoms. The van der Waals surface area contributed by atoms with Crippen LogP contribution in [0.1, 0.15) is 13.8 Å². The minimum Gasteiger partial charge on any atom is -0.497 e. The van der Waals surface area contributed by atoms with Crippen molar-refractivity contribution in [3.8, 4) is 5.75 Å². The van der Waals surface area contributed by atoms with Crippen molar-refractivity contribution in [2.24, 2.45) is 21.5 Å². The van der Waals surface area contributed by atoms with Crippen LogP contribution in [0.25, 0.3) is 0 Å². The smallest absolute Gasteiger partial charge is 0.220 e. The van der Waals surface area contributed by atoms with Crippen LogP contribution in [0.5, 0.6) is 5.75 Å². The predicted molar refractivity (Wildman–Crippen MR) is 80.0 cm³/mol. The van der Waals surface area contributed by atoms with Gasteiger partial charge in [-0.2, -0.15) is 4.99 Å². The van der Waals surface area contributed by atoms with Crippen LogP contribution in [0.3, 0.4) is 0 Å². The van der Waals surface area contributed by atoms with Crippen molar-refractivity contribution < 1.29 is 4.74 Å². The third-order valence-corrected chi connectivity index (χ3v) is 2.72. The molecule has 0 saturated heterocycles. The molecule has 104 valence electrons. The van der Waals surface area contributed by atoms with Crippen LogP contribution >= 0.6 is 12.4 Å². The van der Waals surface area contributed by atoms with Crippen molar-refractivity contribution >= 4 is 30.0 Å². The number of nitrogens with two attached hydrogens (primary N) is 2. The Bertz CT molecular complexity index is 509. The molecule has 0 saturated carbocycles. The average Bonchev–Trinajstić information content (AvgIpc) is 2.27. The second-order valence-corrected chi connectivity index (χ2v) is 4.47. The van der Waals surface area contributed by atoms with Gasteiger partial charge in [0.1, 0.15) is 11.4 Å². The summed E-state index contributed by atoms with van der Waals surface area (Å²) in [6.45, 7) is 3.84. The zero-order chi connectivity index (χ0) is 13.3. The number of hydrogen-bond donors (Lipinski definition) is 2. The zero-order valence-electron chi connectivity index (χ0n) is 11.1. The summed E-state index contributed by atoms with van der Waals surface area (Å²) >= 11 is 0. The van der Waals surface area contributed by atoms with Crippen LogP contribution in [0.4, 0.5) is 5.69 Å². The molecule has 0 radical (unpaired) electrons. The van der Waals surface area contributed by atoms with Crippen LogP contribution in [-0.4, -0.2) is 24.7 Å². The van der Waals surface area contributed by atoms with Crippen LogP contribution in [0.15, 0.2) is 34.3 Å². The topological polar surface area (TPSA) is 89.2 Å². The lowest BCUT2D eigenvalue weighted by Crippen LogP contribution is -2.54. The fraction of sp³-hybridized carbons (Fsp3) is 0.333. The van der Waals surface area contributed by atoms with Crippen molar-refractivity contribution in [1.82, 2.24) is 0 Å². The van der Waals surface area contributed by atoms with E-state index in [1.807, 2.05) is 43.0 Å². The summed E-state index contributed by atoms with van der Waals surface area (Å²) in [6.07, 6.45) is 0. The van der Waals surface area contributed by atoms with Gasteiger partial charge < -0.3 is 16.2 Å². The first-order chi connectivity index (χ1) is 8.44. The number of nitrogens with zero attached hydrogens (tertiary/aromatic N) is 3. The van der Waals surface area contributed by atoms with Gasteiger partial charge in [-0.15, -0.1) is 12.4 Å². The molecule has 0 unspecified atom stereocenters. The number of guanidine groups is 2. The van der Waals surface area contributed by atoms with Crippen molar-refractivity contribution in [3.05, 3.63) is 24.3 Å². The maximum absolute atomic E-state index is 5.93. The van der Waals surface area contributed by atoms with Gasteiger partial charge >= 0.3 is 0 Å². The number of anilines is 1. The summed E-state index contributed by atoms with van der Waals surface area (Å²) in [5, 5.41) is 0. The molecule has 1 aromatic carbocycles. The Kier molecular flexibility index (Phi) is 4.26. The van der Waals surface area contributed by atoms with E-state index < -0.39 is 5.66 Å². The van der Waals surface area contributed by atoms with Gasteiger partial charge in [0.15, 0.2) is 0 Å². The molecular weight excluding hydrogens is 266 g/mol. The summed E-state index contributed by atoms with van der Waals surface area (Å²) in [7, 11) is 1.63. The van der Waals surface area contributed by atoms with Gasteiger partial charge in [-0.05, 0) is 38.1 Å². The highest BCUT2D eigenvalue weighted by Gasteiger charge is 2.32. The molecule has 0 aliphatic carbocycles. The van der Waals surface area contributed by atoms with Gasteiger partial charge in [0, 0.05) is 5.69 Å². The lowest BCUT2D eigenvalue weighted by atomic mass is 10.1. The van der Waals surface area contributed by atoms with Crippen molar-refractivity contribution in [2.75, 3.05) is 12.0 Å². The normalized spacial score (nSPS) is 17.1. The van der Waals surface area contributed by atoms with Gasteiger partial charge in [-0.1, -0.05) is 0 Å². The quantitative estimate of drug-likeness (QED) is 0.856. The fourth-order valence-corrected chi connectivity index (χ4v) is 1.98. The van der Waals surface area contributed by atoms with E-state index in [4.69, 9.17) is 16.2 Å². The van der Waals surface area contributed by atoms with E-state index in [9.17, 15) is 0 Å². The minimum atomic E-state index is -0.565. The van der Waals surface area contributed by atoms with E-state index in [1.165, 1.54) is 0 Å². The Balaban J connectivity index is 0.00000180. The largest absolute Gasteiger partial charge is 0.497 e. The second kappa shape index (κ2) is 5.36. The standard InChI is InChI=1S/C12H17N5O.ClH/c1-12(2)16-10(13)15-11(14)17(12)8-4-6-9(18-3)7-5-8;/h4-7H,1-3H3,(H4,13,14,15,16);1H. The number of hydrogen-bond acceptors (Lipinski definition) is 6. The molecule has 0 amide bonds. The highest BCUT2D eigenvalue weighted by atomic mass is 35.5. The fourth-order valence-electron chi connectivity index (χ4n) is 1.98. The van der Waals surface area contributed by atoms with E-state index in [1.54, 1.807) is 7.11 Å². The van der Waals surface area contributed by atoms with Crippen molar-refractivity contribution in [3.63, 3.8) is 0 Å². The Morgan fingerprint density at radius 3 is 2.21 bits per heavy atom. The molecule has 0 aromatic heterocycles. The molecule has 4 N–H and O–H groups in total. The number of ether oxygens (including phenoxy) is 1. The molecule has 1 aliphatic rings. The van der Waals surface area contributed by atoms with Crippen molar-refractivity contribution in [2.45, 2.75) is 19.5 Å². The summed E-state index contributed by atoms with van der Waals surface area (Å²) < 4.78 is 5.12. The SMILES string of the molecule is COc1ccc(N2C(N)=NC(N)=NC2(C)C)cc1.Cl. The van der Waals surface area contributed by atoms with E-state index in [2.05, 4.69) is 9.98 Å². The number of methoxy groups -OCH3 is 1. The van der Waals surface area contributed by atoms with Crippen LogP contribution in [-0.2, 0) is 0 Å². The van der Waals surface area contributed by atoms with Gasteiger partial charge in [-0.25, -0.2) is 4.99 Å². The zero-order valence-corrected chi connectivity index (χ0v) is 11.9. The van der Waals surface area contributed by atoms with Gasteiger partial charge in [-0.3, -0.25) is 4.90 Å². The molecule has 7 heteroatoms. The van der Waals surface area contributed by atoms with Gasteiger partial charge in [0.25, 0.3) is 0 Å². The number of halogens is 1. The Hall–Kier alpha value is -1.95. The molecule has 2 rings (SSSR count). The molecule has 1 heterocycles. The Labute approximate surface area is 118 Å². The molecule has 19 heavy (non-hydrogen) atoms. The third-order valence-electron chi connectivity index (χ3n) is 2.72.